The molecule has 1 aromatic heterocycles. The van der Waals surface area contributed by atoms with Gasteiger partial charge in [-0.3, -0.25) is 9.69 Å². The number of aromatic carboxylic acids is 1. The van der Waals surface area contributed by atoms with Crippen LogP contribution in [0.3, 0.4) is 0 Å². The average molecular weight is 559 g/mol. The molecule has 1 aliphatic heterocycles. The lowest BCUT2D eigenvalue weighted by molar-refractivity contribution is -0.120. The van der Waals surface area contributed by atoms with E-state index in [1.807, 2.05) is 43.1 Å². The number of thiophene rings is 1. The SMILES string of the molecule is CN(Cc1cc(C(=O)O)cs1)C[C@H]1C(=O)N(c2cc(Cl)cc(Cl)c2)C(=O)N1C.Cc1ccc(C#N)cc1. The second-order valence-corrected chi connectivity index (χ2v) is 10.4. The molecular formula is C26H24Cl2N4O4S. The third-order valence-electron chi connectivity index (χ3n) is 5.56. The number of hydrogen-bond donors (Lipinski definition) is 1. The fourth-order valence-electron chi connectivity index (χ4n) is 3.64. The summed E-state index contributed by atoms with van der Waals surface area (Å²) in [7, 11) is 3.38. The topological polar surface area (TPSA) is 105 Å². The van der Waals surface area contributed by atoms with Crippen molar-refractivity contribution in [3.8, 4) is 6.07 Å². The molecule has 0 spiro atoms. The summed E-state index contributed by atoms with van der Waals surface area (Å²) in [4.78, 5) is 41.7. The molecule has 3 aromatic rings. The summed E-state index contributed by atoms with van der Waals surface area (Å²) >= 11 is 13.3. The molecule has 2 aromatic carbocycles. The van der Waals surface area contributed by atoms with Crippen LogP contribution in [0.4, 0.5) is 10.5 Å². The van der Waals surface area contributed by atoms with Crippen molar-refractivity contribution in [3.63, 3.8) is 0 Å². The van der Waals surface area contributed by atoms with Crippen LogP contribution in [0.1, 0.15) is 26.4 Å². The smallest absolute Gasteiger partial charge is 0.336 e. The third kappa shape index (κ3) is 7.08. The van der Waals surface area contributed by atoms with Gasteiger partial charge in [-0.15, -0.1) is 11.3 Å². The van der Waals surface area contributed by atoms with Gasteiger partial charge in [-0.05, 0) is 50.4 Å². The number of amides is 3. The summed E-state index contributed by atoms with van der Waals surface area (Å²) < 4.78 is 0. The Morgan fingerprint density at radius 1 is 1.14 bits per heavy atom. The molecule has 0 aliphatic carbocycles. The predicted octanol–water partition coefficient (Wildman–Crippen LogP) is 5.52. The maximum absolute atomic E-state index is 12.9. The lowest BCUT2D eigenvalue weighted by Crippen LogP contribution is -2.41. The van der Waals surface area contributed by atoms with Crippen molar-refractivity contribution in [3.05, 3.63) is 85.5 Å². The van der Waals surface area contributed by atoms with Crippen LogP contribution in [0.5, 0.6) is 0 Å². The van der Waals surface area contributed by atoms with E-state index in [1.165, 1.54) is 40.0 Å². The third-order valence-corrected chi connectivity index (χ3v) is 6.92. The van der Waals surface area contributed by atoms with Gasteiger partial charge in [-0.25, -0.2) is 14.5 Å². The molecule has 1 N–H and O–H groups in total. The number of carboxylic acids is 1. The number of anilines is 1. The van der Waals surface area contributed by atoms with E-state index < -0.39 is 18.0 Å². The van der Waals surface area contributed by atoms with Crippen molar-refractivity contribution >= 4 is 58.1 Å². The Bertz CT molecular complexity index is 1330. The minimum Gasteiger partial charge on any atom is -0.478 e. The summed E-state index contributed by atoms with van der Waals surface area (Å²) in [5.41, 5.74) is 2.48. The number of rotatable bonds is 6. The second kappa shape index (κ2) is 12.2. The van der Waals surface area contributed by atoms with E-state index >= 15 is 0 Å². The number of hydrogen-bond acceptors (Lipinski definition) is 6. The highest BCUT2D eigenvalue weighted by Crippen LogP contribution is 2.30. The van der Waals surface area contributed by atoms with Crippen molar-refractivity contribution in [2.24, 2.45) is 0 Å². The molecule has 8 nitrogen and oxygen atoms in total. The number of benzene rings is 2. The Balaban J connectivity index is 0.000000356. The second-order valence-electron chi connectivity index (χ2n) is 8.49. The lowest BCUT2D eigenvalue weighted by atomic mass is 10.2. The van der Waals surface area contributed by atoms with E-state index in [9.17, 15) is 14.4 Å². The van der Waals surface area contributed by atoms with Gasteiger partial charge in [0.2, 0.25) is 0 Å². The van der Waals surface area contributed by atoms with E-state index in [0.717, 1.165) is 15.3 Å². The van der Waals surface area contributed by atoms with Gasteiger partial charge in [0.1, 0.15) is 6.04 Å². The zero-order valence-corrected chi connectivity index (χ0v) is 22.6. The number of nitrogens with zero attached hydrogens (tertiary/aromatic N) is 4. The molecule has 1 aliphatic rings. The maximum atomic E-state index is 12.9. The predicted molar refractivity (Wildman–Crippen MR) is 144 cm³/mol. The number of urea groups is 1. The van der Waals surface area contributed by atoms with Crippen LogP contribution in [0.25, 0.3) is 0 Å². The summed E-state index contributed by atoms with van der Waals surface area (Å²) in [5, 5.41) is 19.6. The van der Waals surface area contributed by atoms with Gasteiger partial charge in [0.15, 0.2) is 0 Å². The zero-order chi connectivity index (χ0) is 27.3. The fourth-order valence-corrected chi connectivity index (χ4v) is 5.09. The monoisotopic (exact) mass is 558 g/mol. The fraction of sp³-hybridized carbons (Fsp3) is 0.231. The Labute approximate surface area is 228 Å². The summed E-state index contributed by atoms with van der Waals surface area (Å²) in [5.74, 6) is -1.34. The summed E-state index contributed by atoms with van der Waals surface area (Å²) in [6, 6.07) is 14.6. The number of carboxylic acid groups (broad SMARTS) is 1. The van der Waals surface area contributed by atoms with Gasteiger partial charge in [0.05, 0.1) is 22.9 Å². The van der Waals surface area contributed by atoms with Crippen molar-refractivity contribution in [2.75, 3.05) is 25.5 Å². The van der Waals surface area contributed by atoms with E-state index in [0.29, 0.717) is 28.8 Å². The highest BCUT2D eigenvalue weighted by Gasteiger charge is 2.44. The molecule has 192 valence electrons. The molecule has 3 amide bonds. The van der Waals surface area contributed by atoms with E-state index in [2.05, 4.69) is 6.07 Å². The Hall–Kier alpha value is -3.42. The number of nitriles is 1. The van der Waals surface area contributed by atoms with Crippen LogP contribution in [-0.2, 0) is 11.3 Å². The molecule has 1 fully saturated rings. The molecule has 1 atom stereocenters. The normalized spacial score (nSPS) is 15.0. The zero-order valence-electron chi connectivity index (χ0n) is 20.3. The van der Waals surface area contributed by atoms with Gasteiger partial charge in [-0.1, -0.05) is 40.9 Å². The molecule has 4 rings (SSSR count). The standard InChI is InChI=1S/C18H17Cl2N3O4S.C8H7N/c1-21(7-14-3-10(9-28-14)17(25)26)8-15-16(24)23(18(27)22(15)2)13-5-11(19)4-12(20)6-13;1-7-2-4-8(6-9)5-3-7/h3-6,9,15H,7-8H2,1-2H3,(H,25,26);2-5H,1H3/t15-;/m0./s1. The van der Waals surface area contributed by atoms with Gasteiger partial charge in [0, 0.05) is 40.4 Å². The highest BCUT2D eigenvalue weighted by molar-refractivity contribution is 7.10. The number of imide groups is 1. The van der Waals surface area contributed by atoms with Gasteiger partial charge in [-0.2, -0.15) is 5.26 Å². The van der Waals surface area contributed by atoms with Crippen LogP contribution in [0.2, 0.25) is 10.0 Å². The van der Waals surface area contributed by atoms with Crippen LogP contribution < -0.4 is 4.90 Å². The van der Waals surface area contributed by atoms with Crippen molar-refractivity contribution in [1.82, 2.24) is 9.80 Å². The van der Waals surface area contributed by atoms with E-state index in [1.54, 1.807) is 18.5 Å². The quantitative estimate of drug-likeness (QED) is 0.399. The molecule has 0 radical (unpaired) electrons. The van der Waals surface area contributed by atoms with Crippen LogP contribution in [0, 0.1) is 18.3 Å². The molecule has 0 unspecified atom stereocenters. The molecule has 37 heavy (non-hydrogen) atoms. The molecule has 0 saturated carbocycles. The summed E-state index contributed by atoms with van der Waals surface area (Å²) in [6.07, 6.45) is 0. The van der Waals surface area contributed by atoms with Gasteiger partial charge in [0.25, 0.3) is 5.91 Å². The largest absolute Gasteiger partial charge is 0.478 e. The first-order valence-electron chi connectivity index (χ1n) is 11.0. The molecular weight excluding hydrogens is 535 g/mol. The first-order valence-corrected chi connectivity index (χ1v) is 12.7. The number of likely N-dealkylation sites (N-methyl/N-ethyl adjacent to an activating group) is 2. The average Bonchev–Trinajstić information content (AvgIpc) is 3.38. The Kier molecular flexibility index (Phi) is 9.29. The maximum Gasteiger partial charge on any atom is 0.336 e. The highest BCUT2D eigenvalue weighted by atomic mass is 35.5. The number of halogens is 2. The Morgan fingerprint density at radius 2 is 1.76 bits per heavy atom. The number of aryl methyl sites for hydroxylation is 1. The Morgan fingerprint density at radius 3 is 2.30 bits per heavy atom. The first-order chi connectivity index (χ1) is 17.5. The number of carbonyl (C=O) groups is 3. The molecule has 2 heterocycles. The van der Waals surface area contributed by atoms with Gasteiger partial charge < -0.3 is 10.0 Å². The van der Waals surface area contributed by atoms with Gasteiger partial charge >= 0.3 is 12.0 Å². The van der Waals surface area contributed by atoms with Crippen molar-refractivity contribution in [1.29, 1.82) is 5.26 Å². The van der Waals surface area contributed by atoms with Crippen molar-refractivity contribution < 1.29 is 19.5 Å². The minimum absolute atomic E-state index is 0.238. The molecule has 0 bridgehead atoms. The molecule has 11 heteroatoms. The van der Waals surface area contributed by atoms with Crippen molar-refractivity contribution in [2.45, 2.75) is 19.5 Å². The van der Waals surface area contributed by atoms with Crippen LogP contribution in [0.15, 0.2) is 53.9 Å². The first kappa shape index (κ1) is 28.2. The number of carbonyl (C=O) groups excluding carboxylic acids is 2. The lowest BCUT2D eigenvalue weighted by Gasteiger charge is -2.22. The van der Waals surface area contributed by atoms with Crippen LogP contribution >= 0.6 is 34.5 Å². The van der Waals surface area contributed by atoms with E-state index in [4.69, 9.17) is 33.6 Å². The minimum atomic E-state index is -0.975. The van der Waals surface area contributed by atoms with E-state index in [-0.39, 0.29) is 11.5 Å². The van der Waals surface area contributed by atoms with Crippen LogP contribution in [-0.4, -0.2) is 59.5 Å². The summed E-state index contributed by atoms with van der Waals surface area (Å²) in [6.45, 7) is 2.76. The molecule has 1 saturated heterocycles.